The first-order chi connectivity index (χ1) is 9.61. The second-order valence-corrected chi connectivity index (χ2v) is 5.05. The van der Waals surface area contributed by atoms with Crippen LogP contribution in [0.15, 0.2) is 58.2 Å². The second-order valence-electron chi connectivity index (χ2n) is 4.20. The fourth-order valence-corrected chi connectivity index (χ4v) is 2.19. The van der Waals surface area contributed by atoms with Gasteiger partial charge < -0.3 is 10.5 Å². The van der Waals surface area contributed by atoms with Crippen LogP contribution in [0.5, 0.6) is 0 Å². The highest BCUT2D eigenvalue weighted by atomic mass is 79.9. The zero-order valence-corrected chi connectivity index (χ0v) is 12.4. The molecule has 0 saturated heterocycles. The summed E-state index contributed by atoms with van der Waals surface area (Å²) in [5, 5.41) is 14.7. The number of rotatable bonds is 3. The molecular weight excluding hydrogens is 320 g/mol. The van der Waals surface area contributed by atoms with Crippen LogP contribution < -0.4 is 5.32 Å². The molecule has 2 aromatic rings. The molecule has 4 nitrogen and oxygen atoms in total. The highest BCUT2D eigenvalue weighted by Crippen LogP contribution is 2.18. The molecule has 0 heterocycles. The largest absolute Gasteiger partial charge is 0.411 e. The topological polar surface area (TPSA) is 61.7 Å². The third-order valence-corrected chi connectivity index (χ3v) is 3.50. The first-order valence-electron chi connectivity index (χ1n) is 5.97. The Hall–Kier alpha value is -2.14. The first kappa shape index (κ1) is 14.3. The number of anilines is 1. The van der Waals surface area contributed by atoms with Crippen molar-refractivity contribution >= 4 is 33.2 Å². The number of amides is 1. The third-order valence-electron chi connectivity index (χ3n) is 2.81. The molecular formula is C15H13BrN2O2. The summed E-state index contributed by atoms with van der Waals surface area (Å²) in [7, 11) is 0. The number of nitrogens with zero attached hydrogens (tertiary/aromatic N) is 1. The zero-order valence-electron chi connectivity index (χ0n) is 10.8. The lowest BCUT2D eigenvalue weighted by Crippen LogP contribution is -2.12. The molecule has 5 heteroatoms. The Morgan fingerprint density at radius 3 is 2.65 bits per heavy atom. The van der Waals surface area contributed by atoms with Crippen molar-refractivity contribution in [1.29, 1.82) is 0 Å². The maximum absolute atomic E-state index is 12.2. The van der Waals surface area contributed by atoms with Crippen LogP contribution in [-0.4, -0.2) is 16.8 Å². The summed E-state index contributed by atoms with van der Waals surface area (Å²) < 4.78 is 0.738. The van der Waals surface area contributed by atoms with Gasteiger partial charge in [-0.3, -0.25) is 4.79 Å². The normalized spacial score (nSPS) is 11.2. The summed E-state index contributed by atoms with van der Waals surface area (Å²) in [6, 6.07) is 14.3. The Balaban J connectivity index is 2.23. The molecule has 0 spiro atoms. The van der Waals surface area contributed by atoms with Gasteiger partial charge in [-0.25, -0.2) is 0 Å². The first-order valence-corrected chi connectivity index (χ1v) is 6.76. The molecule has 2 N–H and O–H groups in total. The fourth-order valence-electron chi connectivity index (χ4n) is 1.72. The van der Waals surface area contributed by atoms with Crippen LogP contribution in [-0.2, 0) is 0 Å². The van der Waals surface area contributed by atoms with Gasteiger partial charge in [0.15, 0.2) is 0 Å². The highest BCUT2D eigenvalue weighted by molar-refractivity contribution is 9.10. The molecule has 0 aromatic heterocycles. The van der Waals surface area contributed by atoms with Crippen molar-refractivity contribution in [3.63, 3.8) is 0 Å². The molecule has 0 atom stereocenters. The number of oxime groups is 1. The van der Waals surface area contributed by atoms with Gasteiger partial charge in [0.2, 0.25) is 0 Å². The fraction of sp³-hybridized carbons (Fsp3) is 0.0667. The minimum absolute atomic E-state index is 0.201. The molecule has 0 aliphatic carbocycles. The Morgan fingerprint density at radius 1 is 1.20 bits per heavy atom. The number of carbonyl (C=O) groups excluding carboxylic acids is 1. The predicted molar refractivity (Wildman–Crippen MR) is 82.5 cm³/mol. The molecule has 0 bridgehead atoms. The van der Waals surface area contributed by atoms with E-state index in [0.717, 1.165) is 10.0 Å². The van der Waals surface area contributed by atoms with E-state index in [1.54, 1.807) is 37.3 Å². The van der Waals surface area contributed by atoms with Gasteiger partial charge in [-0.1, -0.05) is 29.4 Å². The van der Waals surface area contributed by atoms with Gasteiger partial charge in [-0.15, -0.1) is 0 Å². The van der Waals surface area contributed by atoms with Crippen molar-refractivity contribution in [3.05, 3.63) is 64.1 Å². The van der Waals surface area contributed by atoms with Gasteiger partial charge in [0, 0.05) is 15.7 Å². The lowest BCUT2D eigenvalue weighted by atomic mass is 10.1. The van der Waals surface area contributed by atoms with E-state index in [9.17, 15) is 4.79 Å². The summed E-state index contributed by atoms with van der Waals surface area (Å²) in [4.78, 5) is 12.2. The lowest BCUT2D eigenvalue weighted by Gasteiger charge is -2.08. The maximum atomic E-state index is 12.2. The molecule has 2 aromatic carbocycles. The van der Waals surface area contributed by atoms with Gasteiger partial charge >= 0.3 is 0 Å². The average Bonchev–Trinajstić information content (AvgIpc) is 2.47. The predicted octanol–water partition coefficient (Wildman–Crippen LogP) is 3.90. The highest BCUT2D eigenvalue weighted by Gasteiger charge is 2.09. The van der Waals surface area contributed by atoms with E-state index in [4.69, 9.17) is 5.21 Å². The van der Waals surface area contributed by atoms with E-state index >= 15 is 0 Å². The average molecular weight is 333 g/mol. The quantitative estimate of drug-likeness (QED) is 0.508. The van der Waals surface area contributed by atoms with Gasteiger partial charge in [-0.2, -0.15) is 0 Å². The van der Waals surface area contributed by atoms with Crippen LogP contribution >= 0.6 is 15.9 Å². The van der Waals surface area contributed by atoms with Crippen molar-refractivity contribution in [2.24, 2.45) is 5.16 Å². The molecule has 0 radical (unpaired) electrons. The van der Waals surface area contributed by atoms with Crippen molar-refractivity contribution in [1.82, 2.24) is 0 Å². The molecule has 20 heavy (non-hydrogen) atoms. The molecule has 0 fully saturated rings. The summed E-state index contributed by atoms with van der Waals surface area (Å²) >= 11 is 3.35. The number of carbonyl (C=O) groups is 1. The van der Waals surface area contributed by atoms with Crippen LogP contribution in [0, 0.1) is 0 Å². The van der Waals surface area contributed by atoms with E-state index in [2.05, 4.69) is 26.4 Å². The van der Waals surface area contributed by atoms with E-state index in [1.165, 1.54) is 0 Å². The van der Waals surface area contributed by atoms with E-state index in [1.807, 2.05) is 18.2 Å². The van der Waals surface area contributed by atoms with Crippen LogP contribution in [0.2, 0.25) is 0 Å². The number of nitrogens with one attached hydrogen (secondary N) is 1. The molecule has 102 valence electrons. The SMILES string of the molecule is C/C(=N\O)c1cccc(NC(=O)c2ccccc2Br)c1. The molecule has 0 aliphatic heterocycles. The summed E-state index contributed by atoms with van der Waals surface area (Å²) in [5.41, 5.74) is 2.44. The molecule has 0 unspecified atom stereocenters. The Bertz CT molecular complexity index is 668. The third kappa shape index (κ3) is 3.24. The van der Waals surface area contributed by atoms with Gasteiger partial charge in [0.25, 0.3) is 5.91 Å². The second kappa shape index (κ2) is 6.34. The maximum Gasteiger partial charge on any atom is 0.256 e. The van der Waals surface area contributed by atoms with Gasteiger partial charge in [0.05, 0.1) is 11.3 Å². The Morgan fingerprint density at radius 2 is 1.95 bits per heavy atom. The molecule has 1 amide bonds. The summed E-state index contributed by atoms with van der Waals surface area (Å²) in [6.45, 7) is 1.69. The van der Waals surface area contributed by atoms with Crippen molar-refractivity contribution < 1.29 is 10.0 Å². The van der Waals surface area contributed by atoms with Crippen molar-refractivity contribution in [2.45, 2.75) is 6.92 Å². The van der Waals surface area contributed by atoms with Gasteiger partial charge in [-0.05, 0) is 47.1 Å². The minimum atomic E-state index is -0.201. The van der Waals surface area contributed by atoms with Crippen molar-refractivity contribution in [3.8, 4) is 0 Å². The van der Waals surface area contributed by atoms with E-state index in [0.29, 0.717) is 17.0 Å². The van der Waals surface area contributed by atoms with E-state index < -0.39 is 0 Å². The number of benzene rings is 2. The zero-order chi connectivity index (χ0) is 14.5. The number of hydrogen-bond donors (Lipinski definition) is 2. The monoisotopic (exact) mass is 332 g/mol. The molecule has 2 rings (SSSR count). The number of halogens is 1. The Labute approximate surface area is 125 Å². The molecule has 0 aliphatic rings. The minimum Gasteiger partial charge on any atom is -0.411 e. The Kier molecular flexibility index (Phi) is 4.53. The van der Waals surface area contributed by atoms with Crippen LogP contribution in [0.4, 0.5) is 5.69 Å². The summed E-state index contributed by atoms with van der Waals surface area (Å²) in [5.74, 6) is -0.201. The standard InChI is InChI=1S/C15H13BrN2O2/c1-10(18-20)11-5-4-6-12(9-11)17-15(19)13-7-2-3-8-14(13)16/h2-9,20H,1H3,(H,17,19)/b18-10+. The van der Waals surface area contributed by atoms with Crippen LogP contribution in [0.1, 0.15) is 22.8 Å². The van der Waals surface area contributed by atoms with Crippen molar-refractivity contribution in [2.75, 3.05) is 5.32 Å². The van der Waals surface area contributed by atoms with Crippen LogP contribution in [0.25, 0.3) is 0 Å². The van der Waals surface area contributed by atoms with Crippen LogP contribution in [0.3, 0.4) is 0 Å². The summed E-state index contributed by atoms with van der Waals surface area (Å²) in [6.07, 6.45) is 0. The lowest BCUT2D eigenvalue weighted by molar-refractivity contribution is 0.102. The smallest absolute Gasteiger partial charge is 0.256 e. The van der Waals surface area contributed by atoms with E-state index in [-0.39, 0.29) is 5.91 Å². The number of hydrogen-bond acceptors (Lipinski definition) is 3. The molecule has 0 saturated carbocycles. The van der Waals surface area contributed by atoms with Gasteiger partial charge in [0.1, 0.15) is 0 Å².